The summed E-state index contributed by atoms with van der Waals surface area (Å²) in [7, 11) is 0. The molecular formula is C30H18N4O12. The number of nitrogens with zero attached hydrogens (tertiary/aromatic N) is 4. The molecule has 0 spiro atoms. The molecule has 0 amide bonds. The minimum Gasteiger partial charge on any atom is -0.258 e. The molecule has 4 aromatic rings. The molecule has 0 aliphatic heterocycles. The van der Waals surface area contributed by atoms with Crippen molar-refractivity contribution >= 4 is 59.0 Å². The predicted molar refractivity (Wildman–Crippen MR) is 161 cm³/mol. The molecule has 46 heavy (non-hydrogen) atoms. The maximum atomic E-state index is 12.9. The summed E-state index contributed by atoms with van der Waals surface area (Å²) in [5, 5.41) is 44.4. The van der Waals surface area contributed by atoms with Crippen molar-refractivity contribution in [3.05, 3.63) is 159 Å². The van der Waals surface area contributed by atoms with Crippen LogP contribution in [0.4, 0.5) is 22.7 Å². The first-order chi connectivity index (χ1) is 21.9. The van der Waals surface area contributed by atoms with Gasteiger partial charge >= 0.3 is 11.9 Å². The highest BCUT2D eigenvalue weighted by Gasteiger charge is 2.22. The number of nitro groups is 4. The fourth-order valence-electron chi connectivity index (χ4n) is 3.93. The van der Waals surface area contributed by atoms with Crippen LogP contribution in [-0.2, 0) is 9.78 Å². The summed E-state index contributed by atoms with van der Waals surface area (Å²) < 4.78 is 0. The Bertz CT molecular complexity index is 1790. The Kier molecular flexibility index (Phi) is 9.63. The van der Waals surface area contributed by atoms with Gasteiger partial charge in [-0.2, -0.15) is 0 Å². The first-order valence-corrected chi connectivity index (χ1v) is 12.8. The maximum absolute atomic E-state index is 12.9. The van der Waals surface area contributed by atoms with Crippen LogP contribution in [0, 0.1) is 40.5 Å². The van der Waals surface area contributed by atoms with Crippen molar-refractivity contribution in [1.29, 1.82) is 0 Å². The van der Waals surface area contributed by atoms with Crippen molar-refractivity contribution in [3.8, 4) is 0 Å². The molecule has 0 saturated heterocycles. The molecule has 0 fully saturated rings. The summed E-state index contributed by atoms with van der Waals surface area (Å²) in [5.74, 6) is -2.42. The van der Waals surface area contributed by atoms with Crippen molar-refractivity contribution in [1.82, 2.24) is 0 Å². The Balaban J connectivity index is 1.56. The average molecular weight is 626 g/mol. The number of non-ortho nitro benzene ring substituents is 4. The Morgan fingerprint density at radius 3 is 1.07 bits per heavy atom. The molecule has 4 aromatic carbocycles. The second-order valence-corrected chi connectivity index (χ2v) is 9.16. The van der Waals surface area contributed by atoms with Gasteiger partial charge in [-0.25, -0.2) is 19.4 Å². The number of nitro benzene ring substituents is 4. The van der Waals surface area contributed by atoms with Gasteiger partial charge in [0.2, 0.25) is 0 Å². The molecular weight excluding hydrogens is 608 g/mol. The predicted octanol–water partition coefficient (Wildman–Crippen LogP) is 6.59. The monoisotopic (exact) mass is 626 g/mol. The molecule has 230 valence electrons. The normalized spacial score (nSPS) is 10.9. The van der Waals surface area contributed by atoms with Gasteiger partial charge in [0, 0.05) is 48.5 Å². The highest BCUT2D eigenvalue weighted by atomic mass is 17.2. The van der Waals surface area contributed by atoms with E-state index in [4.69, 9.17) is 9.78 Å². The van der Waals surface area contributed by atoms with Crippen LogP contribution in [-0.4, -0.2) is 31.6 Å². The third kappa shape index (κ3) is 7.84. The van der Waals surface area contributed by atoms with E-state index in [1.807, 2.05) is 0 Å². The van der Waals surface area contributed by atoms with Crippen molar-refractivity contribution in [3.63, 3.8) is 0 Å². The van der Waals surface area contributed by atoms with Crippen LogP contribution in [0.5, 0.6) is 0 Å². The van der Waals surface area contributed by atoms with Crippen LogP contribution in [0.3, 0.4) is 0 Å². The van der Waals surface area contributed by atoms with Gasteiger partial charge in [0.1, 0.15) is 0 Å². The zero-order valence-corrected chi connectivity index (χ0v) is 23.1. The number of hydrogen-bond acceptors (Lipinski definition) is 12. The second-order valence-electron chi connectivity index (χ2n) is 9.16. The van der Waals surface area contributed by atoms with Gasteiger partial charge in [0.25, 0.3) is 22.7 Å². The summed E-state index contributed by atoms with van der Waals surface area (Å²) in [4.78, 5) is 77.1. The van der Waals surface area contributed by atoms with E-state index in [9.17, 15) is 50.0 Å². The molecule has 0 atom stereocenters. The largest absolute Gasteiger partial charge is 0.386 e. The minimum absolute atomic E-state index is 0.00402. The number of benzene rings is 4. The van der Waals surface area contributed by atoms with E-state index in [-0.39, 0.29) is 45.0 Å². The van der Waals surface area contributed by atoms with Crippen molar-refractivity contribution in [2.75, 3.05) is 0 Å². The Morgan fingerprint density at radius 1 is 0.457 bits per heavy atom. The van der Waals surface area contributed by atoms with E-state index in [2.05, 4.69) is 0 Å². The summed E-state index contributed by atoms with van der Waals surface area (Å²) >= 11 is 0. The van der Waals surface area contributed by atoms with Gasteiger partial charge in [-0.3, -0.25) is 40.5 Å². The Morgan fingerprint density at radius 2 is 0.761 bits per heavy atom. The number of hydrogen-bond donors (Lipinski definition) is 0. The maximum Gasteiger partial charge on any atom is 0.386 e. The van der Waals surface area contributed by atoms with E-state index >= 15 is 0 Å². The van der Waals surface area contributed by atoms with Crippen LogP contribution in [0.25, 0.3) is 24.3 Å². The second kappa shape index (κ2) is 13.9. The quantitative estimate of drug-likeness (QED) is 0.0786. The fraction of sp³-hybridized carbons (Fsp3) is 0. The molecule has 0 heterocycles. The van der Waals surface area contributed by atoms with Crippen LogP contribution in [0.15, 0.2) is 84.9 Å². The first kappa shape index (κ1) is 31.8. The molecule has 0 radical (unpaired) electrons. The molecule has 4 rings (SSSR count). The summed E-state index contributed by atoms with van der Waals surface area (Å²) in [5.41, 5.74) is -0.596. The van der Waals surface area contributed by atoms with E-state index in [1.165, 1.54) is 72.8 Å². The van der Waals surface area contributed by atoms with E-state index in [0.29, 0.717) is 11.1 Å². The lowest BCUT2D eigenvalue weighted by atomic mass is 10.0. The van der Waals surface area contributed by atoms with Gasteiger partial charge in [0.05, 0.1) is 30.8 Å². The highest BCUT2D eigenvalue weighted by molar-refractivity contribution is 5.98. The van der Waals surface area contributed by atoms with Crippen molar-refractivity contribution in [2.45, 2.75) is 0 Å². The smallest absolute Gasteiger partial charge is 0.258 e. The summed E-state index contributed by atoms with van der Waals surface area (Å²) in [6.07, 6.45) is 5.52. The number of carbonyl (C=O) groups is 2. The third-order valence-corrected chi connectivity index (χ3v) is 6.24. The molecule has 0 N–H and O–H groups in total. The first-order valence-electron chi connectivity index (χ1n) is 12.8. The lowest BCUT2D eigenvalue weighted by Crippen LogP contribution is -2.14. The molecule has 0 bridgehead atoms. The molecule has 0 unspecified atom stereocenters. The van der Waals surface area contributed by atoms with Gasteiger partial charge in [-0.1, -0.05) is 24.3 Å². The zero-order chi connectivity index (χ0) is 33.4. The van der Waals surface area contributed by atoms with Crippen LogP contribution >= 0.6 is 0 Å². The Labute approximate surface area is 257 Å². The molecule has 16 nitrogen and oxygen atoms in total. The lowest BCUT2D eigenvalue weighted by molar-refractivity contribution is -0.385. The van der Waals surface area contributed by atoms with Crippen molar-refractivity contribution < 1.29 is 39.1 Å². The zero-order valence-electron chi connectivity index (χ0n) is 23.1. The molecule has 0 aliphatic carbocycles. The van der Waals surface area contributed by atoms with Gasteiger partial charge in [0.15, 0.2) is 0 Å². The SMILES string of the molecule is O=C(OOC(=O)c1ccc([N+](=O)[O-])cc1/C=C/c1ccc([N+](=O)[O-])cc1)c1ccc([N+](=O)[O-])cc1/C=C/c1ccc([N+](=O)[O-])cc1. The van der Waals surface area contributed by atoms with Crippen LogP contribution in [0.1, 0.15) is 43.0 Å². The topological polar surface area (TPSA) is 225 Å². The number of carbonyl (C=O) groups excluding carboxylic acids is 2. The fourth-order valence-corrected chi connectivity index (χ4v) is 3.93. The van der Waals surface area contributed by atoms with Crippen molar-refractivity contribution in [2.24, 2.45) is 0 Å². The van der Waals surface area contributed by atoms with Crippen LogP contribution < -0.4 is 0 Å². The van der Waals surface area contributed by atoms with E-state index in [1.54, 1.807) is 0 Å². The van der Waals surface area contributed by atoms with Gasteiger partial charge in [-0.05, 0) is 58.7 Å². The number of rotatable bonds is 10. The third-order valence-electron chi connectivity index (χ3n) is 6.24. The van der Waals surface area contributed by atoms with Gasteiger partial charge in [-0.15, -0.1) is 0 Å². The minimum atomic E-state index is -1.21. The van der Waals surface area contributed by atoms with Gasteiger partial charge < -0.3 is 0 Å². The standard InChI is InChI=1S/C30H18N4O12/c35-29(27-15-13-25(33(41)42)17-21(27)7-1-19-3-9-23(10-4-19)31(37)38)45-46-30(36)28-16-14-26(34(43)44)18-22(28)8-2-20-5-11-24(12-6-20)32(39)40/h1-18H/b7-1+,8-2+. The molecule has 0 aromatic heterocycles. The molecule has 0 saturated carbocycles. The highest BCUT2D eigenvalue weighted by Crippen LogP contribution is 2.24. The van der Waals surface area contributed by atoms with E-state index < -0.39 is 31.6 Å². The lowest BCUT2D eigenvalue weighted by Gasteiger charge is -2.08. The molecule has 16 heteroatoms. The van der Waals surface area contributed by atoms with Crippen LogP contribution in [0.2, 0.25) is 0 Å². The van der Waals surface area contributed by atoms with E-state index in [0.717, 1.165) is 36.4 Å². The summed E-state index contributed by atoms with van der Waals surface area (Å²) in [6.45, 7) is 0. The Hall–Kier alpha value is -7.10. The summed E-state index contributed by atoms with van der Waals surface area (Å²) in [6, 6.07) is 17.0. The molecule has 0 aliphatic rings. The average Bonchev–Trinajstić information content (AvgIpc) is 3.05.